The fourth-order valence-electron chi connectivity index (χ4n) is 2.28. The van der Waals surface area contributed by atoms with Gasteiger partial charge in [-0.05, 0) is 6.92 Å². The third kappa shape index (κ3) is 5.29. The van der Waals surface area contributed by atoms with Gasteiger partial charge in [0.25, 0.3) is 0 Å². The number of halogens is 1. The third-order valence-electron chi connectivity index (χ3n) is 3.28. The first-order chi connectivity index (χ1) is 9.52. The van der Waals surface area contributed by atoms with Crippen LogP contribution in [0.4, 0.5) is 0 Å². The van der Waals surface area contributed by atoms with Gasteiger partial charge in [-0.25, -0.2) is 15.0 Å². The van der Waals surface area contributed by atoms with E-state index in [1.165, 1.54) is 10.9 Å². The number of aryl methyl sites for hydroxylation is 1. The van der Waals surface area contributed by atoms with Crippen LogP contribution in [-0.2, 0) is 4.74 Å². The van der Waals surface area contributed by atoms with E-state index in [0.29, 0.717) is 17.0 Å². The van der Waals surface area contributed by atoms with Crippen molar-refractivity contribution >= 4 is 22.8 Å². The van der Waals surface area contributed by atoms with Crippen LogP contribution in [0.2, 0.25) is 5.15 Å². The molecule has 4 atom stereocenters. The predicted octanol–water partition coefficient (Wildman–Crippen LogP) is -0.600. The molecule has 1 aliphatic heterocycles. The van der Waals surface area contributed by atoms with Crippen LogP contribution < -0.4 is 0 Å². The van der Waals surface area contributed by atoms with E-state index >= 15 is 0 Å². The minimum Gasteiger partial charge on any atom is -0.394 e. The Bertz CT molecular complexity index is 661. The Morgan fingerprint density at radius 2 is 1.87 bits per heavy atom. The Balaban J connectivity index is 0.00000161. The molecule has 3 N–H and O–H groups in total. The van der Waals surface area contributed by atoms with Gasteiger partial charge in [0.1, 0.15) is 29.7 Å². The standard InChI is InChI=1S/C11H13ClN4O4.3Ac/c1-4-14-9(12)6-10(15-4)16(3-13-6)11-8(19)7(18)5(2-17)20-11;;;/h3,5,7-8,11,17-19H,2H2,1H3;;;. The van der Waals surface area contributed by atoms with Gasteiger partial charge in [0.05, 0.1) is 12.9 Å². The van der Waals surface area contributed by atoms with Gasteiger partial charge in [-0.15, -0.1) is 0 Å². The number of hydrogen-bond acceptors (Lipinski definition) is 7. The minimum absolute atomic E-state index is 0. The summed E-state index contributed by atoms with van der Waals surface area (Å²) in [5.74, 6) is 0.455. The number of aliphatic hydroxyl groups is 3. The summed E-state index contributed by atoms with van der Waals surface area (Å²) in [6.07, 6.45) is -2.71. The molecule has 4 unspecified atom stereocenters. The van der Waals surface area contributed by atoms with Crippen molar-refractivity contribution in [2.45, 2.75) is 31.5 Å². The summed E-state index contributed by atoms with van der Waals surface area (Å²) in [5, 5.41) is 29.1. The summed E-state index contributed by atoms with van der Waals surface area (Å²) in [6, 6.07) is 0. The van der Waals surface area contributed by atoms with E-state index in [4.69, 9.17) is 21.4 Å². The SMILES string of the molecule is Cc1nc(Cl)c2ncn(C3OC(CO)C(O)C3O)c2n1.[Ac].[Ac].[Ac]. The van der Waals surface area contributed by atoms with Crippen molar-refractivity contribution in [3.8, 4) is 0 Å². The molecular weight excluding hydrogens is 969 g/mol. The van der Waals surface area contributed by atoms with Gasteiger partial charge in [0.2, 0.25) is 0 Å². The summed E-state index contributed by atoms with van der Waals surface area (Å²) in [6.45, 7) is 1.29. The van der Waals surface area contributed by atoms with Crippen LogP contribution >= 0.6 is 11.6 Å². The molecule has 0 spiro atoms. The van der Waals surface area contributed by atoms with Gasteiger partial charge in [-0.2, -0.15) is 0 Å². The van der Waals surface area contributed by atoms with E-state index < -0.39 is 31.1 Å². The van der Waals surface area contributed by atoms with Crippen LogP contribution in [0.3, 0.4) is 0 Å². The van der Waals surface area contributed by atoms with Crippen molar-refractivity contribution in [1.82, 2.24) is 19.5 Å². The largest absolute Gasteiger partial charge is 0.394 e. The molecule has 12 heteroatoms. The zero-order valence-electron chi connectivity index (χ0n) is 12.2. The number of aliphatic hydroxyl groups excluding tert-OH is 3. The Labute approximate surface area is 244 Å². The van der Waals surface area contributed by atoms with Gasteiger partial charge >= 0.3 is 0 Å². The summed E-state index contributed by atoms with van der Waals surface area (Å²) in [4.78, 5) is 12.3. The average Bonchev–Trinajstić information content (AvgIpc) is 2.93. The van der Waals surface area contributed by atoms with E-state index in [1.807, 2.05) is 0 Å². The number of hydrogen-bond donors (Lipinski definition) is 3. The second kappa shape index (κ2) is 11.1. The molecule has 2 aromatic rings. The fourth-order valence-corrected chi connectivity index (χ4v) is 2.54. The number of rotatable bonds is 2. The second-order valence-corrected chi connectivity index (χ2v) is 4.97. The molecule has 0 saturated carbocycles. The quantitative estimate of drug-likeness (QED) is 0.345. The van der Waals surface area contributed by atoms with Crippen molar-refractivity contribution in [2.75, 3.05) is 6.61 Å². The Morgan fingerprint density at radius 3 is 2.43 bits per heavy atom. The van der Waals surface area contributed by atoms with Crippen molar-refractivity contribution in [3.05, 3.63) is 17.3 Å². The minimum atomic E-state index is -1.20. The van der Waals surface area contributed by atoms with Crippen LogP contribution in [0.15, 0.2) is 6.33 Å². The molecule has 3 heterocycles. The van der Waals surface area contributed by atoms with E-state index in [2.05, 4.69) is 15.0 Å². The maximum Gasteiger partial charge on any atom is 0.167 e. The molecule has 3 radical (unpaired) electrons. The Kier molecular flexibility index (Phi) is 12.6. The molecule has 2 aromatic heterocycles. The predicted molar refractivity (Wildman–Crippen MR) is 68.1 cm³/mol. The van der Waals surface area contributed by atoms with Gasteiger partial charge in [0, 0.05) is 132 Å². The first-order valence-corrected chi connectivity index (χ1v) is 6.40. The normalized spacial score (nSPS) is 26.3. The molecule has 0 aromatic carbocycles. The molecule has 0 bridgehead atoms. The maximum absolute atomic E-state index is 10.0. The topological polar surface area (TPSA) is 114 Å². The van der Waals surface area contributed by atoms with Crippen LogP contribution in [0, 0.1) is 139 Å². The molecule has 1 fully saturated rings. The number of nitrogens with zero attached hydrogens (tertiary/aromatic N) is 4. The van der Waals surface area contributed by atoms with E-state index in [-0.39, 0.29) is 137 Å². The molecule has 117 valence electrons. The summed E-state index contributed by atoms with van der Waals surface area (Å²) >= 11 is 5.98. The molecule has 3 rings (SSSR count). The van der Waals surface area contributed by atoms with Crippen molar-refractivity contribution in [1.29, 1.82) is 0 Å². The van der Waals surface area contributed by atoms with Gasteiger partial charge in [0.15, 0.2) is 17.0 Å². The number of aromatic nitrogens is 4. The van der Waals surface area contributed by atoms with Crippen LogP contribution in [-0.4, -0.2) is 59.8 Å². The molecular formula is C11H13Ac3ClN4O4. The number of fused-ring (bicyclic) bond motifs is 1. The summed E-state index contributed by atoms with van der Waals surface area (Å²) in [7, 11) is 0. The van der Waals surface area contributed by atoms with E-state index in [9.17, 15) is 10.2 Å². The van der Waals surface area contributed by atoms with Gasteiger partial charge in [-0.1, -0.05) is 11.6 Å². The molecule has 1 aliphatic rings. The second-order valence-electron chi connectivity index (χ2n) is 4.61. The summed E-state index contributed by atoms with van der Waals surface area (Å²) in [5.41, 5.74) is 0.785. The van der Waals surface area contributed by atoms with E-state index in [0.717, 1.165) is 0 Å². The van der Waals surface area contributed by atoms with Crippen LogP contribution in [0.25, 0.3) is 11.2 Å². The maximum atomic E-state index is 10.0. The molecule has 23 heavy (non-hydrogen) atoms. The monoisotopic (exact) mass is 981 g/mol. The number of ether oxygens (including phenoxy) is 1. The molecule has 1 saturated heterocycles. The number of imidazole rings is 1. The van der Waals surface area contributed by atoms with Gasteiger partial charge in [-0.3, -0.25) is 4.57 Å². The van der Waals surface area contributed by atoms with Crippen molar-refractivity contribution in [2.24, 2.45) is 0 Å². The zero-order valence-corrected chi connectivity index (χ0v) is 27.2. The van der Waals surface area contributed by atoms with E-state index in [1.54, 1.807) is 6.92 Å². The average molecular weight is 982 g/mol. The van der Waals surface area contributed by atoms with Crippen molar-refractivity contribution < 1.29 is 152 Å². The molecule has 0 aliphatic carbocycles. The molecule has 8 nitrogen and oxygen atoms in total. The third-order valence-corrected chi connectivity index (χ3v) is 3.55. The smallest absolute Gasteiger partial charge is 0.167 e. The first kappa shape index (κ1) is 26.0. The molecule has 0 amide bonds. The summed E-state index contributed by atoms with van der Waals surface area (Å²) < 4.78 is 6.91. The van der Waals surface area contributed by atoms with Crippen LogP contribution in [0.5, 0.6) is 0 Å². The Morgan fingerprint density at radius 1 is 1.22 bits per heavy atom. The fraction of sp³-hybridized carbons (Fsp3) is 0.545. The van der Waals surface area contributed by atoms with Crippen molar-refractivity contribution in [3.63, 3.8) is 0 Å². The Hall–Kier alpha value is 3.00. The van der Waals surface area contributed by atoms with Crippen LogP contribution in [0.1, 0.15) is 12.1 Å². The first-order valence-electron chi connectivity index (χ1n) is 6.02. The van der Waals surface area contributed by atoms with Gasteiger partial charge < -0.3 is 20.1 Å². The zero-order chi connectivity index (χ0) is 14.4.